The standard InChI is InChI=1S/C12H10ClNO3S/c1-6-10(12(15)16)18-11(14-6)8-5-7(13)3-4-9(8)17-2/h3-5H,1-2H3,(H,15,16). The van der Waals surface area contributed by atoms with Crippen LogP contribution < -0.4 is 4.74 Å². The Balaban J connectivity index is 2.58. The van der Waals surface area contributed by atoms with Gasteiger partial charge >= 0.3 is 5.97 Å². The number of carboxylic acid groups (broad SMARTS) is 1. The summed E-state index contributed by atoms with van der Waals surface area (Å²) in [5, 5.41) is 10.2. The molecule has 0 aliphatic carbocycles. The minimum Gasteiger partial charge on any atom is -0.496 e. The van der Waals surface area contributed by atoms with E-state index in [1.165, 1.54) is 0 Å². The molecular weight excluding hydrogens is 274 g/mol. The average Bonchev–Trinajstić information content (AvgIpc) is 2.71. The number of methoxy groups -OCH3 is 1. The summed E-state index contributed by atoms with van der Waals surface area (Å²) < 4.78 is 5.22. The molecule has 0 atom stereocenters. The molecule has 2 aromatic rings. The minimum atomic E-state index is -0.975. The van der Waals surface area contributed by atoms with Gasteiger partial charge in [0, 0.05) is 5.02 Å². The Morgan fingerprint density at radius 1 is 1.50 bits per heavy atom. The molecular formula is C12H10ClNO3S. The molecule has 0 radical (unpaired) electrons. The van der Waals surface area contributed by atoms with Crippen molar-refractivity contribution in [2.75, 3.05) is 7.11 Å². The molecule has 4 nitrogen and oxygen atoms in total. The Morgan fingerprint density at radius 3 is 2.78 bits per heavy atom. The second-order valence-corrected chi connectivity index (χ2v) is 5.02. The smallest absolute Gasteiger partial charge is 0.347 e. The third-order valence-electron chi connectivity index (χ3n) is 2.38. The topological polar surface area (TPSA) is 59.4 Å². The molecule has 0 fully saturated rings. The Hall–Kier alpha value is -1.59. The molecule has 1 aromatic carbocycles. The number of carboxylic acids is 1. The number of benzene rings is 1. The van der Waals surface area contributed by atoms with E-state index >= 15 is 0 Å². The number of hydrogen-bond acceptors (Lipinski definition) is 4. The van der Waals surface area contributed by atoms with Crippen molar-refractivity contribution in [2.45, 2.75) is 6.92 Å². The van der Waals surface area contributed by atoms with Crippen molar-refractivity contribution in [3.8, 4) is 16.3 Å². The summed E-state index contributed by atoms with van der Waals surface area (Å²) in [5.41, 5.74) is 1.19. The number of nitrogens with zero attached hydrogens (tertiary/aromatic N) is 1. The van der Waals surface area contributed by atoms with Crippen molar-refractivity contribution in [1.29, 1.82) is 0 Å². The molecule has 0 unspecified atom stereocenters. The van der Waals surface area contributed by atoms with E-state index in [1.807, 2.05) is 0 Å². The van der Waals surface area contributed by atoms with Crippen LogP contribution in [0.2, 0.25) is 5.02 Å². The first-order valence-corrected chi connectivity index (χ1v) is 6.27. The molecule has 94 valence electrons. The molecule has 6 heteroatoms. The van der Waals surface area contributed by atoms with E-state index in [1.54, 1.807) is 32.2 Å². The zero-order valence-corrected chi connectivity index (χ0v) is 11.3. The molecule has 1 N–H and O–H groups in total. The number of halogens is 1. The van der Waals surface area contributed by atoms with Crippen LogP contribution in [-0.2, 0) is 0 Å². The first-order chi connectivity index (χ1) is 8.52. The normalized spacial score (nSPS) is 10.4. The SMILES string of the molecule is COc1ccc(Cl)cc1-c1nc(C)c(C(=O)O)s1. The first-order valence-electron chi connectivity index (χ1n) is 5.07. The van der Waals surface area contributed by atoms with Gasteiger partial charge in [-0.2, -0.15) is 0 Å². The number of thiazole rings is 1. The second kappa shape index (κ2) is 4.96. The second-order valence-electron chi connectivity index (χ2n) is 3.58. The summed E-state index contributed by atoms with van der Waals surface area (Å²) in [6, 6.07) is 5.15. The fraction of sp³-hybridized carbons (Fsp3) is 0.167. The van der Waals surface area contributed by atoms with E-state index in [9.17, 15) is 4.79 Å². The lowest BCUT2D eigenvalue weighted by Gasteiger charge is -2.05. The number of ether oxygens (including phenoxy) is 1. The van der Waals surface area contributed by atoms with Gasteiger partial charge in [0.2, 0.25) is 0 Å². The highest BCUT2D eigenvalue weighted by molar-refractivity contribution is 7.17. The number of aryl methyl sites for hydroxylation is 1. The van der Waals surface area contributed by atoms with Crippen LogP contribution in [0.1, 0.15) is 15.4 Å². The van der Waals surface area contributed by atoms with Gasteiger partial charge in [0.1, 0.15) is 15.6 Å². The van der Waals surface area contributed by atoms with E-state index in [4.69, 9.17) is 21.4 Å². The summed E-state index contributed by atoms with van der Waals surface area (Å²) in [4.78, 5) is 15.5. The molecule has 0 bridgehead atoms. The maximum atomic E-state index is 11.0. The van der Waals surface area contributed by atoms with Gasteiger partial charge in [-0.1, -0.05) is 11.6 Å². The Kier molecular flexibility index (Phi) is 3.54. The molecule has 1 heterocycles. The monoisotopic (exact) mass is 283 g/mol. The molecule has 0 spiro atoms. The summed E-state index contributed by atoms with van der Waals surface area (Å²) >= 11 is 7.05. The van der Waals surface area contributed by atoms with Crippen LogP contribution in [0.25, 0.3) is 10.6 Å². The van der Waals surface area contributed by atoms with Crippen LogP contribution in [-0.4, -0.2) is 23.2 Å². The lowest BCUT2D eigenvalue weighted by atomic mass is 10.2. The molecule has 0 aliphatic heterocycles. The minimum absolute atomic E-state index is 0.229. The van der Waals surface area contributed by atoms with Gasteiger partial charge < -0.3 is 9.84 Å². The van der Waals surface area contributed by atoms with E-state index < -0.39 is 5.97 Å². The zero-order valence-electron chi connectivity index (χ0n) is 9.73. The van der Waals surface area contributed by atoms with Gasteiger partial charge in [-0.15, -0.1) is 11.3 Å². The van der Waals surface area contributed by atoms with Crippen molar-refractivity contribution in [3.05, 3.63) is 33.8 Å². The summed E-state index contributed by atoms with van der Waals surface area (Å²) in [6.07, 6.45) is 0. The summed E-state index contributed by atoms with van der Waals surface area (Å²) in [7, 11) is 1.55. The third kappa shape index (κ3) is 2.32. The van der Waals surface area contributed by atoms with Gasteiger partial charge in [-0.25, -0.2) is 9.78 Å². The number of hydrogen-bond donors (Lipinski definition) is 1. The van der Waals surface area contributed by atoms with E-state index in [0.717, 1.165) is 11.3 Å². The van der Waals surface area contributed by atoms with Crippen molar-refractivity contribution >= 4 is 28.9 Å². The van der Waals surface area contributed by atoms with Crippen molar-refractivity contribution in [3.63, 3.8) is 0 Å². The van der Waals surface area contributed by atoms with Crippen LogP contribution in [0.3, 0.4) is 0 Å². The Labute approximate surface area is 113 Å². The largest absolute Gasteiger partial charge is 0.496 e. The predicted octanol–water partition coefficient (Wildman–Crippen LogP) is 3.48. The number of aromatic nitrogens is 1. The van der Waals surface area contributed by atoms with Gasteiger partial charge in [0.15, 0.2) is 0 Å². The maximum absolute atomic E-state index is 11.0. The van der Waals surface area contributed by atoms with E-state index in [2.05, 4.69) is 4.98 Å². The van der Waals surface area contributed by atoms with E-state index in [-0.39, 0.29) is 4.88 Å². The Morgan fingerprint density at radius 2 is 2.22 bits per heavy atom. The molecule has 0 amide bonds. The lowest BCUT2D eigenvalue weighted by molar-refractivity contribution is 0.0701. The van der Waals surface area contributed by atoms with Crippen LogP contribution >= 0.6 is 22.9 Å². The number of aromatic carboxylic acids is 1. The summed E-state index contributed by atoms with van der Waals surface area (Å²) in [5.74, 6) is -0.359. The fourth-order valence-electron chi connectivity index (χ4n) is 1.56. The van der Waals surface area contributed by atoms with Gasteiger partial charge in [0.25, 0.3) is 0 Å². The first kappa shape index (κ1) is 12.9. The summed E-state index contributed by atoms with van der Waals surface area (Å²) in [6.45, 7) is 1.67. The van der Waals surface area contributed by atoms with E-state index in [0.29, 0.717) is 27.0 Å². The van der Waals surface area contributed by atoms with Crippen LogP contribution in [0, 0.1) is 6.92 Å². The molecule has 0 saturated heterocycles. The molecule has 18 heavy (non-hydrogen) atoms. The molecule has 2 rings (SSSR count). The molecule has 1 aromatic heterocycles. The lowest BCUT2D eigenvalue weighted by Crippen LogP contribution is -1.94. The predicted molar refractivity (Wildman–Crippen MR) is 70.8 cm³/mol. The maximum Gasteiger partial charge on any atom is 0.347 e. The van der Waals surface area contributed by atoms with Gasteiger partial charge in [-0.3, -0.25) is 0 Å². The molecule has 0 saturated carbocycles. The van der Waals surface area contributed by atoms with Crippen molar-refractivity contribution in [1.82, 2.24) is 4.98 Å². The highest BCUT2D eigenvalue weighted by Gasteiger charge is 2.17. The molecule has 0 aliphatic rings. The van der Waals surface area contributed by atoms with Gasteiger partial charge in [0.05, 0.1) is 18.4 Å². The zero-order chi connectivity index (χ0) is 13.3. The number of carbonyl (C=O) groups is 1. The number of rotatable bonds is 3. The fourth-order valence-corrected chi connectivity index (χ4v) is 2.66. The third-order valence-corrected chi connectivity index (χ3v) is 3.80. The quantitative estimate of drug-likeness (QED) is 0.937. The van der Waals surface area contributed by atoms with Crippen LogP contribution in [0.4, 0.5) is 0 Å². The van der Waals surface area contributed by atoms with Crippen molar-refractivity contribution in [2.24, 2.45) is 0 Å². The van der Waals surface area contributed by atoms with Crippen LogP contribution in [0.15, 0.2) is 18.2 Å². The van der Waals surface area contributed by atoms with Crippen molar-refractivity contribution < 1.29 is 14.6 Å². The van der Waals surface area contributed by atoms with Gasteiger partial charge in [-0.05, 0) is 25.1 Å². The Bertz CT molecular complexity index is 609. The average molecular weight is 284 g/mol. The highest BCUT2D eigenvalue weighted by atomic mass is 35.5. The van der Waals surface area contributed by atoms with Crippen LogP contribution in [0.5, 0.6) is 5.75 Å². The highest BCUT2D eigenvalue weighted by Crippen LogP contribution is 2.36.